The topological polar surface area (TPSA) is 26.7 Å². The fourth-order valence-corrected chi connectivity index (χ4v) is 3.71. The van der Waals surface area contributed by atoms with Crippen molar-refractivity contribution in [3.63, 3.8) is 0 Å². The van der Waals surface area contributed by atoms with Crippen molar-refractivity contribution in [2.45, 2.75) is 32.3 Å². The van der Waals surface area contributed by atoms with Gasteiger partial charge in [-0.25, -0.2) is 0 Å². The molecule has 0 aromatic carbocycles. The van der Waals surface area contributed by atoms with Gasteiger partial charge in [0.15, 0.2) is 0 Å². The highest BCUT2D eigenvalue weighted by molar-refractivity contribution is 7.09. The van der Waals surface area contributed by atoms with E-state index in [1.54, 1.807) is 0 Å². The maximum absolute atomic E-state index is 9.43. The van der Waals surface area contributed by atoms with Gasteiger partial charge in [-0.3, -0.25) is 0 Å². The molecule has 0 bridgehead atoms. The summed E-state index contributed by atoms with van der Waals surface area (Å²) in [7, 11) is 2.25. The number of piperidine rings is 1. The highest BCUT2D eigenvalue weighted by Gasteiger charge is 2.20. The second-order valence-electron chi connectivity index (χ2n) is 6.18. The van der Waals surface area contributed by atoms with Crippen molar-refractivity contribution in [3.05, 3.63) is 22.4 Å². The minimum atomic E-state index is -0.194. The molecule has 1 saturated heterocycles. The maximum Gasteiger partial charge on any atom is 0.0639 e. The number of likely N-dealkylation sites (N-methyl/N-ethyl adjacent to an activating group) is 1. The Kier molecular flexibility index (Phi) is 6.49. The molecule has 2 rings (SSSR count). The number of likely N-dealkylation sites (tertiary alicyclic amines) is 1. The largest absolute Gasteiger partial charge is 0.392 e. The minimum Gasteiger partial charge on any atom is -0.392 e. The number of rotatable bonds is 7. The SMILES string of the molecule is CC(O)CN1CCC(CN(C)CCc2cccs2)CC1. The first kappa shape index (κ1) is 16.0. The summed E-state index contributed by atoms with van der Waals surface area (Å²) in [5.41, 5.74) is 0. The second kappa shape index (κ2) is 8.13. The lowest BCUT2D eigenvalue weighted by Crippen LogP contribution is -2.40. The highest BCUT2D eigenvalue weighted by Crippen LogP contribution is 2.18. The predicted octanol–water partition coefficient (Wildman–Crippen LogP) is 2.32. The quantitative estimate of drug-likeness (QED) is 0.836. The summed E-state index contributed by atoms with van der Waals surface area (Å²) in [6.07, 6.45) is 3.53. The lowest BCUT2D eigenvalue weighted by Gasteiger charge is -2.34. The second-order valence-corrected chi connectivity index (χ2v) is 7.22. The standard InChI is InChI=1S/C16H28N2OS/c1-14(19)12-18-9-5-15(6-10-18)13-17(2)8-7-16-4-3-11-20-16/h3-4,11,14-15,19H,5-10,12-13H2,1-2H3. The number of thiophene rings is 1. The Bertz CT molecular complexity index is 359. The van der Waals surface area contributed by atoms with E-state index in [2.05, 4.69) is 34.4 Å². The predicted molar refractivity (Wildman–Crippen MR) is 86.4 cm³/mol. The van der Waals surface area contributed by atoms with Crippen molar-refractivity contribution >= 4 is 11.3 Å². The molecule has 114 valence electrons. The van der Waals surface area contributed by atoms with E-state index >= 15 is 0 Å². The molecule has 0 radical (unpaired) electrons. The normalized spacial score (nSPS) is 19.6. The molecule has 1 N–H and O–H groups in total. The van der Waals surface area contributed by atoms with Crippen LogP contribution in [0.1, 0.15) is 24.6 Å². The molecule has 2 heterocycles. The van der Waals surface area contributed by atoms with E-state index in [9.17, 15) is 5.11 Å². The molecule has 0 saturated carbocycles. The van der Waals surface area contributed by atoms with Crippen LogP contribution < -0.4 is 0 Å². The van der Waals surface area contributed by atoms with Crippen molar-refractivity contribution < 1.29 is 5.11 Å². The molecule has 1 aliphatic heterocycles. The number of aliphatic hydroxyl groups excluding tert-OH is 1. The van der Waals surface area contributed by atoms with E-state index in [-0.39, 0.29) is 6.10 Å². The minimum absolute atomic E-state index is 0.194. The Labute approximate surface area is 127 Å². The van der Waals surface area contributed by atoms with Crippen LogP contribution in [0.2, 0.25) is 0 Å². The third-order valence-corrected chi connectivity index (χ3v) is 5.06. The molecule has 1 aromatic heterocycles. The number of aliphatic hydroxyl groups is 1. The molecule has 1 aromatic rings. The summed E-state index contributed by atoms with van der Waals surface area (Å²) in [4.78, 5) is 6.37. The third-order valence-electron chi connectivity index (χ3n) is 4.12. The van der Waals surface area contributed by atoms with Crippen LogP contribution in [0.5, 0.6) is 0 Å². The molecular weight excluding hydrogens is 268 g/mol. The van der Waals surface area contributed by atoms with Crippen LogP contribution in [-0.4, -0.2) is 60.8 Å². The average molecular weight is 296 g/mol. The number of hydrogen-bond acceptors (Lipinski definition) is 4. The van der Waals surface area contributed by atoms with E-state index in [0.717, 1.165) is 32.1 Å². The van der Waals surface area contributed by atoms with Crippen LogP contribution in [0.15, 0.2) is 17.5 Å². The van der Waals surface area contributed by atoms with Crippen molar-refractivity contribution in [2.75, 3.05) is 39.8 Å². The molecule has 0 amide bonds. The van der Waals surface area contributed by atoms with E-state index in [1.165, 1.54) is 30.7 Å². The zero-order valence-corrected chi connectivity index (χ0v) is 13.6. The van der Waals surface area contributed by atoms with Crippen LogP contribution in [0.4, 0.5) is 0 Å². The monoisotopic (exact) mass is 296 g/mol. The summed E-state index contributed by atoms with van der Waals surface area (Å²) in [6.45, 7) is 7.39. The Morgan fingerprint density at radius 1 is 1.45 bits per heavy atom. The molecule has 20 heavy (non-hydrogen) atoms. The highest BCUT2D eigenvalue weighted by atomic mass is 32.1. The zero-order chi connectivity index (χ0) is 14.4. The fourth-order valence-electron chi connectivity index (χ4n) is 3.01. The summed E-state index contributed by atoms with van der Waals surface area (Å²) in [5.74, 6) is 0.827. The molecule has 3 nitrogen and oxygen atoms in total. The molecule has 1 aliphatic rings. The Morgan fingerprint density at radius 2 is 2.20 bits per heavy atom. The van der Waals surface area contributed by atoms with Gasteiger partial charge in [0.2, 0.25) is 0 Å². The summed E-state index contributed by atoms with van der Waals surface area (Å²) < 4.78 is 0. The van der Waals surface area contributed by atoms with E-state index in [0.29, 0.717) is 0 Å². The van der Waals surface area contributed by atoms with E-state index < -0.39 is 0 Å². The van der Waals surface area contributed by atoms with Crippen LogP contribution in [0.3, 0.4) is 0 Å². The lowest BCUT2D eigenvalue weighted by atomic mass is 9.96. The third kappa shape index (κ3) is 5.52. The Balaban J connectivity index is 1.62. The van der Waals surface area contributed by atoms with Crippen LogP contribution in [0, 0.1) is 5.92 Å². The van der Waals surface area contributed by atoms with Gasteiger partial charge in [0.1, 0.15) is 0 Å². The molecule has 1 unspecified atom stereocenters. The first-order chi connectivity index (χ1) is 9.63. The van der Waals surface area contributed by atoms with Crippen LogP contribution >= 0.6 is 11.3 Å². The van der Waals surface area contributed by atoms with E-state index in [4.69, 9.17) is 0 Å². The van der Waals surface area contributed by atoms with Crippen molar-refractivity contribution in [1.82, 2.24) is 9.80 Å². The van der Waals surface area contributed by atoms with Crippen LogP contribution in [-0.2, 0) is 6.42 Å². The lowest BCUT2D eigenvalue weighted by molar-refractivity contribution is 0.0927. The number of hydrogen-bond donors (Lipinski definition) is 1. The van der Waals surface area contributed by atoms with E-state index in [1.807, 2.05) is 18.3 Å². The van der Waals surface area contributed by atoms with Gasteiger partial charge in [0.25, 0.3) is 0 Å². The first-order valence-electron chi connectivity index (χ1n) is 7.75. The van der Waals surface area contributed by atoms with Gasteiger partial charge in [0.05, 0.1) is 6.10 Å². The number of nitrogens with zero attached hydrogens (tertiary/aromatic N) is 2. The van der Waals surface area contributed by atoms with Crippen molar-refractivity contribution in [1.29, 1.82) is 0 Å². The van der Waals surface area contributed by atoms with Gasteiger partial charge in [0, 0.05) is 24.5 Å². The van der Waals surface area contributed by atoms with Gasteiger partial charge >= 0.3 is 0 Å². The summed E-state index contributed by atoms with van der Waals surface area (Å²) in [5, 5.41) is 11.6. The molecule has 0 aliphatic carbocycles. The van der Waals surface area contributed by atoms with Gasteiger partial charge in [-0.2, -0.15) is 0 Å². The molecule has 1 fully saturated rings. The van der Waals surface area contributed by atoms with Gasteiger partial charge in [-0.1, -0.05) is 6.07 Å². The molecule has 0 spiro atoms. The van der Waals surface area contributed by atoms with Crippen molar-refractivity contribution in [3.8, 4) is 0 Å². The summed E-state index contributed by atoms with van der Waals surface area (Å²) in [6, 6.07) is 4.37. The fraction of sp³-hybridized carbons (Fsp3) is 0.750. The zero-order valence-electron chi connectivity index (χ0n) is 12.8. The van der Waals surface area contributed by atoms with Crippen LogP contribution in [0.25, 0.3) is 0 Å². The maximum atomic E-state index is 9.43. The number of β-amino-alcohol motifs (C(OH)–C–C–N with tert-alkyl or cyclic N) is 1. The summed E-state index contributed by atoms with van der Waals surface area (Å²) >= 11 is 1.86. The molecule has 1 atom stereocenters. The van der Waals surface area contributed by atoms with Gasteiger partial charge in [-0.05, 0) is 63.7 Å². The molecule has 4 heteroatoms. The Morgan fingerprint density at radius 3 is 2.80 bits per heavy atom. The smallest absolute Gasteiger partial charge is 0.0639 e. The Hall–Kier alpha value is -0.420. The van der Waals surface area contributed by atoms with Crippen molar-refractivity contribution in [2.24, 2.45) is 5.92 Å². The molecular formula is C16H28N2OS. The van der Waals surface area contributed by atoms with Gasteiger partial charge in [-0.15, -0.1) is 11.3 Å². The average Bonchev–Trinajstić information content (AvgIpc) is 2.91. The van der Waals surface area contributed by atoms with Gasteiger partial charge < -0.3 is 14.9 Å². The first-order valence-corrected chi connectivity index (χ1v) is 8.63.